The SMILES string of the molecule is COc1c(Br)[n+]([O-])cc2ccccc12. The largest absolute Gasteiger partial charge is 0.618 e. The molecule has 0 atom stereocenters. The lowest BCUT2D eigenvalue weighted by atomic mass is 10.2. The molecule has 1 aromatic heterocycles. The number of aromatic nitrogens is 1. The van der Waals surface area contributed by atoms with Crippen LogP contribution in [0.4, 0.5) is 0 Å². The minimum atomic E-state index is 0.402. The molecule has 0 amide bonds. The Bertz CT molecular complexity index is 485. The molecule has 0 saturated heterocycles. The number of ether oxygens (including phenoxy) is 1. The van der Waals surface area contributed by atoms with Gasteiger partial charge in [-0.3, -0.25) is 0 Å². The van der Waals surface area contributed by atoms with Gasteiger partial charge in [-0.1, -0.05) is 18.2 Å². The van der Waals surface area contributed by atoms with Gasteiger partial charge in [-0.05, 0) is 6.07 Å². The summed E-state index contributed by atoms with van der Waals surface area (Å²) in [6.45, 7) is 0. The Morgan fingerprint density at radius 1 is 1.36 bits per heavy atom. The molecule has 0 spiro atoms. The van der Waals surface area contributed by atoms with Gasteiger partial charge in [0, 0.05) is 21.3 Å². The fraction of sp³-hybridized carbons (Fsp3) is 0.100. The van der Waals surface area contributed by atoms with Crippen LogP contribution in [0.3, 0.4) is 0 Å². The second kappa shape index (κ2) is 3.46. The maximum atomic E-state index is 11.4. The minimum absolute atomic E-state index is 0.402. The van der Waals surface area contributed by atoms with Crippen molar-refractivity contribution in [3.63, 3.8) is 0 Å². The van der Waals surface area contributed by atoms with Crippen LogP contribution in [0, 0.1) is 5.21 Å². The van der Waals surface area contributed by atoms with Crippen molar-refractivity contribution < 1.29 is 9.47 Å². The summed E-state index contributed by atoms with van der Waals surface area (Å²) >= 11 is 3.19. The van der Waals surface area contributed by atoms with E-state index >= 15 is 0 Å². The lowest BCUT2D eigenvalue weighted by Gasteiger charge is -2.07. The van der Waals surface area contributed by atoms with Crippen molar-refractivity contribution in [3.05, 3.63) is 40.3 Å². The summed E-state index contributed by atoms with van der Waals surface area (Å²) < 4.78 is 6.32. The molecule has 0 radical (unpaired) electrons. The highest BCUT2D eigenvalue weighted by Crippen LogP contribution is 2.29. The van der Waals surface area contributed by atoms with Gasteiger partial charge in [0.1, 0.15) is 0 Å². The summed E-state index contributed by atoms with van der Waals surface area (Å²) in [6, 6.07) is 7.58. The molecule has 1 heterocycles. The molecule has 0 saturated carbocycles. The molecule has 0 N–H and O–H groups in total. The first kappa shape index (κ1) is 9.27. The zero-order valence-electron chi connectivity index (χ0n) is 7.53. The molecular formula is C10H8BrNO2. The zero-order valence-corrected chi connectivity index (χ0v) is 9.11. The van der Waals surface area contributed by atoms with Crippen LogP contribution in [-0.2, 0) is 0 Å². The third-order valence-corrected chi connectivity index (χ3v) is 2.76. The Morgan fingerprint density at radius 3 is 2.79 bits per heavy atom. The Morgan fingerprint density at radius 2 is 2.07 bits per heavy atom. The van der Waals surface area contributed by atoms with E-state index in [0.29, 0.717) is 10.4 Å². The second-order valence-corrected chi connectivity index (χ2v) is 3.62. The summed E-state index contributed by atoms with van der Waals surface area (Å²) in [4.78, 5) is 0. The van der Waals surface area contributed by atoms with E-state index < -0.39 is 0 Å². The van der Waals surface area contributed by atoms with Gasteiger partial charge in [0.2, 0.25) is 5.75 Å². The third kappa shape index (κ3) is 1.32. The molecule has 3 nitrogen and oxygen atoms in total. The maximum Gasteiger partial charge on any atom is 0.302 e. The van der Waals surface area contributed by atoms with Gasteiger partial charge < -0.3 is 9.94 Å². The number of nitrogens with zero attached hydrogens (tertiary/aromatic N) is 1. The van der Waals surface area contributed by atoms with Gasteiger partial charge in [0.05, 0.1) is 12.5 Å². The van der Waals surface area contributed by atoms with Gasteiger partial charge in [0.15, 0.2) is 6.20 Å². The molecule has 0 aliphatic rings. The predicted octanol–water partition coefficient (Wildman–Crippen LogP) is 2.24. The monoisotopic (exact) mass is 253 g/mol. The van der Waals surface area contributed by atoms with Gasteiger partial charge in [-0.25, -0.2) is 0 Å². The van der Waals surface area contributed by atoms with Crippen molar-refractivity contribution in [3.8, 4) is 5.75 Å². The van der Waals surface area contributed by atoms with E-state index in [2.05, 4.69) is 15.9 Å². The minimum Gasteiger partial charge on any atom is -0.618 e. The third-order valence-electron chi connectivity index (χ3n) is 2.05. The topological polar surface area (TPSA) is 36.2 Å². The number of benzene rings is 1. The van der Waals surface area contributed by atoms with E-state index in [9.17, 15) is 5.21 Å². The van der Waals surface area contributed by atoms with Crippen LogP contribution in [0.2, 0.25) is 0 Å². The van der Waals surface area contributed by atoms with Crippen LogP contribution in [0.25, 0.3) is 10.8 Å². The molecule has 0 bridgehead atoms. The van der Waals surface area contributed by atoms with Crippen LogP contribution < -0.4 is 9.47 Å². The van der Waals surface area contributed by atoms with E-state index in [-0.39, 0.29) is 0 Å². The molecule has 0 fully saturated rings. The number of halogens is 1. The summed E-state index contributed by atoms with van der Waals surface area (Å²) in [7, 11) is 1.55. The van der Waals surface area contributed by atoms with Crippen LogP contribution >= 0.6 is 15.9 Å². The molecule has 14 heavy (non-hydrogen) atoms. The molecule has 1 aromatic carbocycles. The van der Waals surface area contributed by atoms with Gasteiger partial charge in [-0.2, -0.15) is 4.73 Å². The van der Waals surface area contributed by atoms with Crippen molar-refractivity contribution in [1.29, 1.82) is 0 Å². The van der Waals surface area contributed by atoms with E-state index in [0.717, 1.165) is 15.5 Å². The van der Waals surface area contributed by atoms with E-state index in [4.69, 9.17) is 4.74 Å². The molecular weight excluding hydrogens is 246 g/mol. The Labute approximate surface area is 89.6 Å². The molecule has 0 aliphatic carbocycles. The molecule has 0 aliphatic heterocycles. The van der Waals surface area contributed by atoms with Crippen LogP contribution in [-0.4, -0.2) is 7.11 Å². The predicted molar refractivity (Wildman–Crippen MR) is 57.2 cm³/mol. The number of hydrogen-bond acceptors (Lipinski definition) is 2. The van der Waals surface area contributed by atoms with Crippen LogP contribution in [0.5, 0.6) is 5.75 Å². The van der Waals surface area contributed by atoms with Crippen molar-refractivity contribution >= 4 is 26.7 Å². The van der Waals surface area contributed by atoms with Gasteiger partial charge in [0.25, 0.3) is 0 Å². The smallest absolute Gasteiger partial charge is 0.302 e. The van der Waals surface area contributed by atoms with Crippen LogP contribution in [0.15, 0.2) is 35.1 Å². The number of methoxy groups -OCH3 is 1. The summed E-state index contributed by atoms with van der Waals surface area (Å²) in [5, 5.41) is 13.2. The highest BCUT2D eigenvalue weighted by molar-refractivity contribution is 9.10. The highest BCUT2D eigenvalue weighted by Gasteiger charge is 2.14. The van der Waals surface area contributed by atoms with Crippen molar-refractivity contribution in [2.45, 2.75) is 0 Å². The first-order valence-corrected chi connectivity index (χ1v) is 4.87. The highest BCUT2D eigenvalue weighted by atomic mass is 79.9. The summed E-state index contributed by atoms with van der Waals surface area (Å²) in [6.07, 6.45) is 1.52. The van der Waals surface area contributed by atoms with E-state index in [1.807, 2.05) is 24.3 Å². The molecule has 2 aromatic rings. The van der Waals surface area contributed by atoms with Crippen molar-refractivity contribution in [2.24, 2.45) is 0 Å². The first-order valence-electron chi connectivity index (χ1n) is 4.08. The van der Waals surface area contributed by atoms with E-state index in [1.165, 1.54) is 6.20 Å². The normalized spacial score (nSPS) is 10.4. The first-order chi connectivity index (χ1) is 6.74. The molecule has 4 heteroatoms. The van der Waals surface area contributed by atoms with E-state index in [1.54, 1.807) is 7.11 Å². The molecule has 72 valence electrons. The standard InChI is InChI=1S/C10H8BrNO2/c1-14-9-8-5-3-2-4-7(8)6-12(13)10(9)11/h2-6H,1H3. The average Bonchev–Trinajstić information content (AvgIpc) is 2.20. The lowest BCUT2D eigenvalue weighted by molar-refractivity contribution is -0.616. The van der Waals surface area contributed by atoms with Gasteiger partial charge >= 0.3 is 4.60 Å². The van der Waals surface area contributed by atoms with Gasteiger partial charge in [-0.15, -0.1) is 0 Å². The number of fused-ring (bicyclic) bond motifs is 1. The Hall–Kier alpha value is -1.29. The zero-order chi connectivity index (χ0) is 10.1. The lowest BCUT2D eigenvalue weighted by Crippen LogP contribution is -2.27. The number of pyridine rings is 1. The number of hydrogen-bond donors (Lipinski definition) is 0. The maximum absolute atomic E-state index is 11.4. The molecule has 2 rings (SSSR count). The van der Waals surface area contributed by atoms with Crippen molar-refractivity contribution in [2.75, 3.05) is 7.11 Å². The molecule has 0 unspecified atom stereocenters. The summed E-state index contributed by atoms with van der Waals surface area (Å²) in [5.41, 5.74) is 0. The van der Waals surface area contributed by atoms with Crippen molar-refractivity contribution in [1.82, 2.24) is 0 Å². The Kier molecular flexibility index (Phi) is 2.29. The fourth-order valence-electron chi connectivity index (χ4n) is 1.40. The summed E-state index contributed by atoms with van der Waals surface area (Å²) in [5.74, 6) is 0.568. The number of rotatable bonds is 1. The Balaban J connectivity index is 2.89. The quantitative estimate of drug-likeness (QED) is 0.444. The second-order valence-electron chi connectivity index (χ2n) is 2.87. The average molecular weight is 254 g/mol. The van der Waals surface area contributed by atoms with Crippen LogP contribution in [0.1, 0.15) is 0 Å². The fourth-order valence-corrected chi connectivity index (χ4v) is 1.88.